The number of hydrogen-bond acceptors (Lipinski definition) is 3. The minimum absolute atomic E-state index is 0.103. The van der Waals surface area contributed by atoms with Gasteiger partial charge in [0.15, 0.2) is 0 Å². The van der Waals surface area contributed by atoms with E-state index >= 15 is 0 Å². The molecule has 0 spiro atoms. The van der Waals surface area contributed by atoms with Crippen molar-refractivity contribution in [2.24, 2.45) is 0 Å². The summed E-state index contributed by atoms with van der Waals surface area (Å²) in [6, 6.07) is 6.56. The monoisotopic (exact) mass is 278 g/mol. The smallest absolute Gasteiger partial charge is 0.123 e. The van der Waals surface area contributed by atoms with Crippen molar-refractivity contribution < 1.29 is 4.39 Å². The SMILES string of the molecule is CC(C)(C)c1csc(CNCc2ccc(F)cc2)n1. The zero-order valence-corrected chi connectivity index (χ0v) is 12.4. The van der Waals surface area contributed by atoms with Crippen LogP contribution in [-0.2, 0) is 18.5 Å². The summed E-state index contributed by atoms with van der Waals surface area (Å²) in [5, 5.41) is 6.54. The second-order valence-corrected chi connectivity index (χ2v) is 6.55. The number of benzene rings is 1. The van der Waals surface area contributed by atoms with Crippen molar-refractivity contribution in [1.82, 2.24) is 10.3 Å². The molecule has 0 saturated heterocycles. The van der Waals surface area contributed by atoms with Crippen LogP contribution >= 0.6 is 11.3 Å². The lowest BCUT2D eigenvalue weighted by Crippen LogP contribution is -2.14. The van der Waals surface area contributed by atoms with Crippen LogP contribution in [-0.4, -0.2) is 4.98 Å². The predicted molar refractivity (Wildman–Crippen MR) is 77.8 cm³/mol. The highest BCUT2D eigenvalue weighted by molar-refractivity contribution is 7.09. The van der Waals surface area contributed by atoms with E-state index in [2.05, 4.69) is 36.5 Å². The van der Waals surface area contributed by atoms with Crippen LogP contribution in [0.1, 0.15) is 37.0 Å². The molecule has 0 aliphatic heterocycles. The number of nitrogens with zero attached hydrogens (tertiary/aromatic N) is 1. The molecule has 0 radical (unpaired) electrons. The van der Waals surface area contributed by atoms with Crippen molar-refractivity contribution in [1.29, 1.82) is 0 Å². The molecular weight excluding hydrogens is 259 g/mol. The summed E-state index contributed by atoms with van der Waals surface area (Å²) in [6.07, 6.45) is 0. The van der Waals surface area contributed by atoms with E-state index in [1.807, 2.05) is 0 Å². The van der Waals surface area contributed by atoms with E-state index < -0.39 is 0 Å². The Bertz CT molecular complexity index is 526. The van der Waals surface area contributed by atoms with Crippen molar-refractivity contribution >= 4 is 11.3 Å². The summed E-state index contributed by atoms with van der Waals surface area (Å²) < 4.78 is 12.8. The predicted octanol–water partition coefficient (Wildman–Crippen LogP) is 3.87. The third-order valence-corrected chi connectivity index (χ3v) is 3.69. The fourth-order valence-electron chi connectivity index (χ4n) is 1.65. The molecule has 2 aromatic rings. The van der Waals surface area contributed by atoms with Crippen LogP contribution in [0.2, 0.25) is 0 Å². The number of thiazole rings is 1. The number of rotatable bonds is 4. The Hall–Kier alpha value is -1.26. The molecule has 102 valence electrons. The first-order valence-corrected chi connectivity index (χ1v) is 7.23. The number of hydrogen-bond donors (Lipinski definition) is 1. The molecule has 2 nitrogen and oxygen atoms in total. The van der Waals surface area contributed by atoms with Gasteiger partial charge >= 0.3 is 0 Å². The second kappa shape index (κ2) is 5.80. The summed E-state index contributed by atoms with van der Waals surface area (Å²) in [6.45, 7) is 7.97. The fraction of sp³-hybridized carbons (Fsp3) is 0.400. The minimum atomic E-state index is -0.196. The Kier molecular flexibility index (Phi) is 4.32. The van der Waals surface area contributed by atoms with Gasteiger partial charge in [0.1, 0.15) is 10.8 Å². The first-order chi connectivity index (χ1) is 8.95. The van der Waals surface area contributed by atoms with Gasteiger partial charge in [0.05, 0.1) is 5.69 Å². The van der Waals surface area contributed by atoms with Gasteiger partial charge in [-0.2, -0.15) is 0 Å². The Morgan fingerprint density at radius 3 is 2.42 bits per heavy atom. The first-order valence-electron chi connectivity index (χ1n) is 6.35. The van der Waals surface area contributed by atoms with E-state index in [1.165, 1.54) is 12.1 Å². The number of halogens is 1. The lowest BCUT2D eigenvalue weighted by Gasteiger charge is -2.14. The molecule has 1 heterocycles. The third-order valence-electron chi connectivity index (χ3n) is 2.84. The van der Waals surface area contributed by atoms with Crippen molar-refractivity contribution in [3.05, 3.63) is 51.7 Å². The molecule has 0 aliphatic rings. The van der Waals surface area contributed by atoms with Crippen LogP contribution in [0.4, 0.5) is 4.39 Å². The third kappa shape index (κ3) is 4.11. The van der Waals surface area contributed by atoms with E-state index in [0.717, 1.165) is 29.4 Å². The molecule has 19 heavy (non-hydrogen) atoms. The largest absolute Gasteiger partial charge is 0.306 e. The van der Waals surface area contributed by atoms with Crippen LogP contribution in [0, 0.1) is 5.82 Å². The number of nitrogens with one attached hydrogen (secondary N) is 1. The van der Waals surface area contributed by atoms with Crippen molar-refractivity contribution in [3.63, 3.8) is 0 Å². The van der Waals surface area contributed by atoms with Gasteiger partial charge in [-0.3, -0.25) is 0 Å². The molecule has 1 aromatic carbocycles. The first kappa shape index (κ1) is 14.2. The van der Waals surface area contributed by atoms with Crippen LogP contribution in [0.3, 0.4) is 0 Å². The van der Waals surface area contributed by atoms with Gasteiger partial charge in [0, 0.05) is 23.9 Å². The van der Waals surface area contributed by atoms with Gasteiger partial charge in [-0.05, 0) is 17.7 Å². The Labute approximate surface area is 117 Å². The van der Waals surface area contributed by atoms with Gasteiger partial charge in [0.25, 0.3) is 0 Å². The van der Waals surface area contributed by atoms with Crippen molar-refractivity contribution in [2.45, 2.75) is 39.3 Å². The highest BCUT2D eigenvalue weighted by Gasteiger charge is 2.17. The standard InChI is InChI=1S/C15H19FN2S/c1-15(2,3)13-10-19-14(18-13)9-17-8-11-4-6-12(16)7-5-11/h4-7,10,17H,8-9H2,1-3H3. The van der Waals surface area contributed by atoms with Crippen LogP contribution in [0.15, 0.2) is 29.6 Å². The minimum Gasteiger partial charge on any atom is -0.306 e. The average molecular weight is 278 g/mol. The van der Waals surface area contributed by atoms with Crippen LogP contribution in [0.25, 0.3) is 0 Å². The van der Waals surface area contributed by atoms with Crippen LogP contribution in [0.5, 0.6) is 0 Å². The summed E-state index contributed by atoms with van der Waals surface area (Å²) in [5.41, 5.74) is 2.32. The normalized spacial score (nSPS) is 11.8. The zero-order valence-electron chi connectivity index (χ0n) is 11.5. The van der Waals surface area contributed by atoms with Gasteiger partial charge in [-0.1, -0.05) is 32.9 Å². The van der Waals surface area contributed by atoms with Crippen molar-refractivity contribution in [2.75, 3.05) is 0 Å². The van der Waals surface area contributed by atoms with E-state index in [0.29, 0.717) is 0 Å². The van der Waals surface area contributed by atoms with E-state index in [-0.39, 0.29) is 11.2 Å². The van der Waals surface area contributed by atoms with Crippen LogP contribution < -0.4 is 5.32 Å². The fourth-order valence-corrected chi connectivity index (χ4v) is 2.64. The van der Waals surface area contributed by atoms with Crippen molar-refractivity contribution in [3.8, 4) is 0 Å². The summed E-state index contributed by atoms with van der Waals surface area (Å²) >= 11 is 1.68. The summed E-state index contributed by atoms with van der Waals surface area (Å²) in [4.78, 5) is 4.62. The maximum Gasteiger partial charge on any atom is 0.123 e. The van der Waals surface area contributed by atoms with E-state index in [4.69, 9.17) is 0 Å². The van der Waals surface area contributed by atoms with Gasteiger partial charge in [-0.15, -0.1) is 11.3 Å². The number of aromatic nitrogens is 1. The molecule has 4 heteroatoms. The lowest BCUT2D eigenvalue weighted by molar-refractivity contribution is 0.568. The molecule has 0 saturated carbocycles. The summed E-state index contributed by atoms with van der Waals surface area (Å²) in [7, 11) is 0. The van der Waals surface area contributed by atoms with E-state index in [1.54, 1.807) is 23.5 Å². The highest BCUT2D eigenvalue weighted by Crippen LogP contribution is 2.23. The Morgan fingerprint density at radius 2 is 1.84 bits per heavy atom. The zero-order chi connectivity index (χ0) is 13.9. The molecule has 0 amide bonds. The molecule has 1 aromatic heterocycles. The Morgan fingerprint density at radius 1 is 1.16 bits per heavy atom. The molecule has 0 bridgehead atoms. The molecule has 0 unspecified atom stereocenters. The molecule has 0 atom stereocenters. The maximum absolute atomic E-state index is 12.8. The van der Waals surface area contributed by atoms with Gasteiger partial charge < -0.3 is 5.32 Å². The quantitative estimate of drug-likeness (QED) is 0.918. The van der Waals surface area contributed by atoms with Gasteiger partial charge in [0.2, 0.25) is 0 Å². The molecule has 0 fully saturated rings. The second-order valence-electron chi connectivity index (χ2n) is 5.61. The molecule has 0 aliphatic carbocycles. The molecule has 1 N–H and O–H groups in total. The topological polar surface area (TPSA) is 24.9 Å². The van der Waals surface area contributed by atoms with E-state index in [9.17, 15) is 4.39 Å². The average Bonchev–Trinajstić information content (AvgIpc) is 2.80. The Balaban J connectivity index is 1.86. The highest BCUT2D eigenvalue weighted by atomic mass is 32.1. The van der Waals surface area contributed by atoms with Gasteiger partial charge in [-0.25, -0.2) is 9.37 Å². The maximum atomic E-state index is 12.8. The summed E-state index contributed by atoms with van der Waals surface area (Å²) in [5.74, 6) is -0.196. The lowest BCUT2D eigenvalue weighted by atomic mass is 9.93. The molecular formula is C15H19FN2S. The molecule has 2 rings (SSSR count).